The molecule has 6 nitrogen and oxygen atoms in total. The van der Waals surface area contributed by atoms with E-state index in [1.807, 2.05) is 0 Å². The van der Waals surface area contributed by atoms with Crippen LogP contribution in [0.2, 0.25) is 0 Å². The molecule has 3 N–H and O–H groups in total. The number of nitrogens with two attached hydrogens (primary N) is 1. The largest absolute Gasteiger partial charge is 0.481 e. The third-order valence-electron chi connectivity index (χ3n) is 1.51. The number of carbonyl (C=O) groups is 1. The van der Waals surface area contributed by atoms with Crippen molar-refractivity contribution in [1.82, 2.24) is 9.97 Å². The molecule has 0 unspecified atom stereocenters. The van der Waals surface area contributed by atoms with Crippen molar-refractivity contribution in [2.75, 3.05) is 12.8 Å². The Labute approximate surface area is 74.4 Å². The molecule has 6 heteroatoms. The molecular weight excluding hydrogens is 174 g/mol. The number of carboxylic acid groups (broad SMARTS) is 1. The fourth-order valence-corrected chi connectivity index (χ4v) is 0.920. The Balaban J connectivity index is 3.35. The van der Waals surface area contributed by atoms with Gasteiger partial charge in [-0.25, -0.2) is 9.78 Å². The zero-order valence-electron chi connectivity index (χ0n) is 7.24. The Morgan fingerprint density at radius 3 is 2.62 bits per heavy atom. The fraction of sp³-hybridized carbons (Fsp3) is 0.286. The molecule has 0 radical (unpaired) electrons. The molecule has 0 spiro atoms. The summed E-state index contributed by atoms with van der Waals surface area (Å²) in [6.45, 7) is 1.56. The second kappa shape index (κ2) is 3.26. The van der Waals surface area contributed by atoms with Gasteiger partial charge in [0.1, 0.15) is 0 Å². The minimum atomic E-state index is -1.15. The number of carboxylic acids is 1. The number of aromatic carboxylic acids is 1. The lowest BCUT2D eigenvalue weighted by Gasteiger charge is -2.05. The Morgan fingerprint density at radius 2 is 2.15 bits per heavy atom. The first-order valence-corrected chi connectivity index (χ1v) is 3.47. The summed E-state index contributed by atoms with van der Waals surface area (Å²) in [7, 11) is 1.39. The zero-order valence-corrected chi connectivity index (χ0v) is 7.24. The Bertz CT molecular complexity index is 351. The molecule has 0 aliphatic heterocycles. The van der Waals surface area contributed by atoms with Gasteiger partial charge in [0.05, 0.1) is 7.11 Å². The Kier molecular flexibility index (Phi) is 2.32. The van der Waals surface area contributed by atoms with Crippen LogP contribution in [0.1, 0.15) is 16.1 Å². The van der Waals surface area contributed by atoms with E-state index in [2.05, 4.69) is 9.97 Å². The molecule has 0 aliphatic carbocycles. The van der Waals surface area contributed by atoms with Gasteiger partial charge in [-0.3, -0.25) is 0 Å². The van der Waals surface area contributed by atoms with E-state index >= 15 is 0 Å². The van der Waals surface area contributed by atoms with Gasteiger partial charge in [-0.15, -0.1) is 0 Å². The van der Waals surface area contributed by atoms with E-state index in [-0.39, 0.29) is 17.5 Å². The van der Waals surface area contributed by atoms with Crippen molar-refractivity contribution in [2.45, 2.75) is 6.92 Å². The normalized spacial score (nSPS) is 9.69. The minimum Gasteiger partial charge on any atom is -0.481 e. The van der Waals surface area contributed by atoms with Crippen LogP contribution >= 0.6 is 0 Å². The van der Waals surface area contributed by atoms with Crippen LogP contribution in [0, 0.1) is 6.92 Å². The van der Waals surface area contributed by atoms with Crippen molar-refractivity contribution < 1.29 is 14.6 Å². The number of methoxy groups -OCH3 is 1. The molecule has 1 aromatic rings. The van der Waals surface area contributed by atoms with Crippen LogP contribution in [0.3, 0.4) is 0 Å². The summed E-state index contributed by atoms with van der Waals surface area (Å²) in [4.78, 5) is 17.9. The summed E-state index contributed by atoms with van der Waals surface area (Å²) >= 11 is 0. The molecule has 1 heterocycles. The van der Waals surface area contributed by atoms with E-state index < -0.39 is 5.97 Å². The summed E-state index contributed by atoms with van der Waals surface area (Å²) in [5.74, 6) is -1.07. The number of aromatic nitrogens is 2. The van der Waals surface area contributed by atoms with Crippen LogP contribution in [0.15, 0.2) is 0 Å². The lowest BCUT2D eigenvalue weighted by Crippen LogP contribution is -2.09. The number of rotatable bonds is 2. The first-order valence-electron chi connectivity index (χ1n) is 3.47. The highest BCUT2D eigenvalue weighted by atomic mass is 16.5. The lowest BCUT2D eigenvalue weighted by molar-refractivity contribution is 0.0689. The second-order valence-electron chi connectivity index (χ2n) is 2.37. The molecule has 70 valence electrons. The topological polar surface area (TPSA) is 98.3 Å². The quantitative estimate of drug-likeness (QED) is 0.673. The van der Waals surface area contributed by atoms with Gasteiger partial charge in [0.15, 0.2) is 5.69 Å². The lowest BCUT2D eigenvalue weighted by atomic mass is 10.2. The SMILES string of the molecule is COc1nc(N)nc(C(=O)O)c1C. The van der Waals surface area contributed by atoms with Gasteiger partial charge < -0.3 is 15.6 Å². The average Bonchev–Trinajstić information content (AvgIpc) is 2.08. The van der Waals surface area contributed by atoms with Gasteiger partial charge in [-0.1, -0.05) is 0 Å². The second-order valence-corrected chi connectivity index (χ2v) is 2.37. The molecule has 13 heavy (non-hydrogen) atoms. The number of ether oxygens (including phenoxy) is 1. The first-order chi connectivity index (χ1) is 6.06. The van der Waals surface area contributed by atoms with Gasteiger partial charge >= 0.3 is 5.97 Å². The average molecular weight is 183 g/mol. The number of nitrogens with zero attached hydrogens (tertiary/aromatic N) is 2. The highest BCUT2D eigenvalue weighted by molar-refractivity contribution is 5.87. The maximum absolute atomic E-state index is 10.6. The standard InChI is InChI=1S/C7H9N3O3/c1-3-4(6(11)12)9-7(8)10-5(3)13-2/h1-2H3,(H,11,12)(H2,8,9,10). The Hall–Kier alpha value is -1.85. The van der Waals surface area contributed by atoms with Gasteiger partial charge in [0.25, 0.3) is 0 Å². The van der Waals surface area contributed by atoms with Gasteiger partial charge in [0.2, 0.25) is 11.8 Å². The molecule has 0 saturated carbocycles. The van der Waals surface area contributed by atoms with Crippen LogP contribution in [0.4, 0.5) is 5.95 Å². The third-order valence-corrected chi connectivity index (χ3v) is 1.51. The van der Waals surface area contributed by atoms with Crippen molar-refractivity contribution in [3.8, 4) is 5.88 Å². The maximum Gasteiger partial charge on any atom is 0.355 e. The van der Waals surface area contributed by atoms with E-state index in [0.717, 1.165) is 0 Å². The molecule has 0 fully saturated rings. The van der Waals surface area contributed by atoms with E-state index in [0.29, 0.717) is 5.56 Å². The predicted molar refractivity (Wildman–Crippen MR) is 44.7 cm³/mol. The van der Waals surface area contributed by atoms with Crippen molar-refractivity contribution in [3.63, 3.8) is 0 Å². The summed E-state index contributed by atoms with van der Waals surface area (Å²) in [6.07, 6.45) is 0. The van der Waals surface area contributed by atoms with Crippen LogP contribution in [0.5, 0.6) is 5.88 Å². The molecular formula is C7H9N3O3. The molecule has 0 bridgehead atoms. The van der Waals surface area contributed by atoms with E-state index in [9.17, 15) is 4.79 Å². The highest BCUT2D eigenvalue weighted by Crippen LogP contribution is 2.17. The monoisotopic (exact) mass is 183 g/mol. The van der Waals surface area contributed by atoms with E-state index in [1.54, 1.807) is 6.92 Å². The summed E-state index contributed by atoms with van der Waals surface area (Å²) < 4.78 is 4.82. The zero-order chi connectivity index (χ0) is 10.0. The van der Waals surface area contributed by atoms with Crippen LogP contribution < -0.4 is 10.5 Å². The van der Waals surface area contributed by atoms with E-state index in [1.165, 1.54) is 7.11 Å². The molecule has 0 saturated heterocycles. The first kappa shape index (κ1) is 9.24. The number of hydrogen-bond donors (Lipinski definition) is 2. The highest BCUT2D eigenvalue weighted by Gasteiger charge is 2.15. The van der Waals surface area contributed by atoms with Crippen LogP contribution in [-0.2, 0) is 0 Å². The molecule has 0 aromatic carbocycles. The van der Waals surface area contributed by atoms with Crippen molar-refractivity contribution in [1.29, 1.82) is 0 Å². The number of hydrogen-bond acceptors (Lipinski definition) is 5. The third kappa shape index (κ3) is 1.66. The smallest absolute Gasteiger partial charge is 0.355 e. The van der Waals surface area contributed by atoms with Crippen LogP contribution in [-0.4, -0.2) is 28.2 Å². The predicted octanol–water partition coefficient (Wildman–Crippen LogP) is 0.0740. The number of nitrogen functional groups attached to an aromatic ring is 1. The summed E-state index contributed by atoms with van der Waals surface area (Å²) in [5, 5.41) is 8.71. The maximum atomic E-state index is 10.6. The molecule has 1 rings (SSSR count). The van der Waals surface area contributed by atoms with Crippen molar-refractivity contribution >= 4 is 11.9 Å². The molecule has 0 atom stereocenters. The molecule has 0 amide bonds. The minimum absolute atomic E-state index is 0.111. The van der Waals surface area contributed by atoms with Crippen LogP contribution in [0.25, 0.3) is 0 Å². The molecule has 1 aromatic heterocycles. The molecule has 0 aliphatic rings. The number of anilines is 1. The van der Waals surface area contributed by atoms with E-state index in [4.69, 9.17) is 15.6 Å². The Morgan fingerprint density at radius 1 is 1.54 bits per heavy atom. The van der Waals surface area contributed by atoms with Crippen molar-refractivity contribution in [2.24, 2.45) is 0 Å². The summed E-state index contributed by atoms with van der Waals surface area (Å²) in [6, 6.07) is 0. The van der Waals surface area contributed by atoms with Gasteiger partial charge in [-0.05, 0) is 6.92 Å². The summed E-state index contributed by atoms with van der Waals surface area (Å²) in [5.41, 5.74) is 5.51. The fourth-order valence-electron chi connectivity index (χ4n) is 0.920. The van der Waals surface area contributed by atoms with Crippen molar-refractivity contribution in [3.05, 3.63) is 11.3 Å². The van der Waals surface area contributed by atoms with Gasteiger partial charge in [-0.2, -0.15) is 4.98 Å². The van der Waals surface area contributed by atoms with Gasteiger partial charge in [0, 0.05) is 5.56 Å².